The van der Waals surface area contributed by atoms with Gasteiger partial charge in [-0.25, -0.2) is 0 Å². The van der Waals surface area contributed by atoms with E-state index in [1.54, 1.807) is 0 Å². The average molecular weight is 390 g/mol. The first-order valence-corrected chi connectivity index (χ1v) is 10.2. The Balaban J connectivity index is 1.72. The summed E-state index contributed by atoms with van der Waals surface area (Å²) in [6.07, 6.45) is 1.35. The quantitative estimate of drug-likeness (QED) is 0.629. The molecule has 3 fully saturated rings. The van der Waals surface area contributed by atoms with Crippen molar-refractivity contribution in [3.8, 4) is 0 Å². The Kier molecular flexibility index (Phi) is 2.98. The molecule has 6 heteroatoms. The Hall–Kier alpha value is -2.76. The zero-order chi connectivity index (χ0) is 20.4. The van der Waals surface area contributed by atoms with Crippen LogP contribution in [0.5, 0.6) is 0 Å². The Bertz CT molecular complexity index is 1040. The van der Waals surface area contributed by atoms with Gasteiger partial charge in [-0.2, -0.15) is 0 Å². The minimum absolute atomic E-state index is 0.192. The molecule has 148 valence electrons. The van der Waals surface area contributed by atoms with Crippen molar-refractivity contribution < 1.29 is 19.2 Å². The van der Waals surface area contributed by atoms with E-state index in [9.17, 15) is 19.2 Å². The maximum absolute atomic E-state index is 13.3. The van der Waals surface area contributed by atoms with Crippen molar-refractivity contribution in [1.82, 2.24) is 9.80 Å². The number of fused-ring (bicyclic) bond motifs is 1. The lowest BCUT2D eigenvalue weighted by atomic mass is 9.39. The molecule has 7 rings (SSSR count). The van der Waals surface area contributed by atoms with Crippen molar-refractivity contribution in [1.29, 1.82) is 0 Å². The molecule has 0 N–H and O–H groups in total. The second-order valence-electron chi connectivity index (χ2n) is 9.26. The lowest BCUT2D eigenvalue weighted by molar-refractivity contribution is -0.147. The first kappa shape index (κ1) is 17.1. The first-order chi connectivity index (χ1) is 13.8. The van der Waals surface area contributed by atoms with Gasteiger partial charge in [-0.05, 0) is 36.5 Å². The van der Waals surface area contributed by atoms with Gasteiger partial charge in [0.2, 0.25) is 23.6 Å². The third kappa shape index (κ3) is 1.60. The maximum atomic E-state index is 13.3. The van der Waals surface area contributed by atoms with Crippen LogP contribution in [-0.2, 0) is 25.6 Å². The van der Waals surface area contributed by atoms with Crippen molar-refractivity contribution >= 4 is 29.2 Å². The van der Waals surface area contributed by atoms with Gasteiger partial charge < -0.3 is 0 Å². The van der Waals surface area contributed by atoms with Crippen LogP contribution in [0.2, 0.25) is 0 Å². The second kappa shape index (κ2) is 5.04. The Morgan fingerprint density at radius 3 is 1.97 bits per heavy atom. The van der Waals surface area contributed by atoms with Crippen LogP contribution in [0.15, 0.2) is 29.8 Å². The summed E-state index contributed by atoms with van der Waals surface area (Å²) in [4.78, 5) is 55.4. The highest BCUT2D eigenvalue weighted by atomic mass is 16.2. The Morgan fingerprint density at radius 1 is 0.828 bits per heavy atom. The van der Waals surface area contributed by atoms with Crippen LogP contribution >= 0.6 is 0 Å². The van der Waals surface area contributed by atoms with Crippen molar-refractivity contribution in [3.63, 3.8) is 0 Å². The van der Waals surface area contributed by atoms with Gasteiger partial charge in [-0.3, -0.25) is 29.0 Å². The smallest absolute Gasteiger partial charge is 0.233 e. The molecule has 6 nitrogen and oxygen atoms in total. The molecule has 1 aromatic carbocycles. The minimum Gasteiger partial charge on any atom is -0.285 e. The number of hydrogen-bond acceptors (Lipinski definition) is 4. The fourth-order valence-corrected chi connectivity index (χ4v) is 7.50. The van der Waals surface area contributed by atoms with Crippen LogP contribution in [0.25, 0.3) is 5.57 Å². The normalized spacial score (nSPS) is 39.8. The van der Waals surface area contributed by atoms with Gasteiger partial charge >= 0.3 is 0 Å². The average Bonchev–Trinajstić information content (AvgIpc) is 3.10. The van der Waals surface area contributed by atoms with Crippen molar-refractivity contribution in [2.45, 2.75) is 19.8 Å². The lowest BCUT2D eigenvalue weighted by Crippen LogP contribution is -2.61. The fraction of sp³-hybridized carbons (Fsp3) is 0.478. The van der Waals surface area contributed by atoms with Crippen molar-refractivity contribution in [2.24, 2.45) is 35.0 Å². The molecule has 4 aliphatic carbocycles. The van der Waals surface area contributed by atoms with Crippen molar-refractivity contribution in [2.75, 3.05) is 14.1 Å². The van der Waals surface area contributed by atoms with Gasteiger partial charge in [0.15, 0.2) is 0 Å². The van der Waals surface area contributed by atoms with Gasteiger partial charge in [0.1, 0.15) is 0 Å². The van der Waals surface area contributed by atoms with E-state index >= 15 is 0 Å². The predicted molar refractivity (Wildman–Crippen MR) is 103 cm³/mol. The highest BCUT2D eigenvalue weighted by molar-refractivity contribution is 6.14. The van der Waals surface area contributed by atoms with Gasteiger partial charge in [0.05, 0.1) is 23.7 Å². The molecule has 29 heavy (non-hydrogen) atoms. The minimum atomic E-state index is -0.780. The summed E-state index contributed by atoms with van der Waals surface area (Å²) in [6, 6.07) is 8.16. The van der Waals surface area contributed by atoms with E-state index in [0.29, 0.717) is 6.42 Å². The SMILES string of the molecule is CC1=C2c3ccccc3CCC23[C@@H]2C(=O)N(C)C(=O)[C@@H]2C1[C@@H]1C(=O)N(C)C(=O)[C@@H]13. The van der Waals surface area contributed by atoms with Crippen LogP contribution in [0.1, 0.15) is 24.5 Å². The number of carbonyl (C=O) groups excluding carboxylic acids is 4. The maximum Gasteiger partial charge on any atom is 0.233 e. The third-order valence-corrected chi connectivity index (χ3v) is 8.48. The molecule has 1 aromatic rings. The monoisotopic (exact) mass is 390 g/mol. The highest BCUT2D eigenvalue weighted by Crippen LogP contribution is 2.72. The lowest BCUT2D eigenvalue weighted by Gasteiger charge is -2.60. The molecule has 1 spiro atoms. The summed E-state index contributed by atoms with van der Waals surface area (Å²) in [5, 5.41) is 0. The molecule has 6 atom stereocenters. The highest BCUT2D eigenvalue weighted by Gasteiger charge is 2.77. The zero-order valence-electron chi connectivity index (χ0n) is 16.6. The molecule has 0 radical (unpaired) electrons. The number of amides is 4. The number of nitrogens with zero attached hydrogens (tertiary/aromatic N) is 2. The molecule has 6 aliphatic rings. The van der Waals surface area contributed by atoms with E-state index in [1.807, 2.05) is 19.1 Å². The third-order valence-electron chi connectivity index (χ3n) is 8.48. The standard InChI is InChI=1S/C23H22N2O4/c1-10-13-14-17(21(28)24(2)19(14)26)23(18-15(13)20(27)25(3)22(18)29)9-8-11-6-4-5-7-12(11)16(10)23/h4-7,13-15,17-18H,8-9H2,1-3H3/t13?,14-,15+,17+,18-,23?. The largest absolute Gasteiger partial charge is 0.285 e. The number of aryl methyl sites for hydroxylation is 1. The molecule has 2 unspecified atom stereocenters. The molecule has 2 aliphatic heterocycles. The Morgan fingerprint density at radius 2 is 1.38 bits per heavy atom. The van der Waals surface area contributed by atoms with Crippen LogP contribution < -0.4 is 0 Å². The fourth-order valence-electron chi connectivity index (χ4n) is 7.50. The molecule has 1 saturated carbocycles. The summed E-state index contributed by atoms with van der Waals surface area (Å²) in [7, 11) is 3.08. The molecule has 2 heterocycles. The number of imide groups is 2. The second-order valence-corrected chi connectivity index (χ2v) is 9.26. The number of rotatable bonds is 0. The molecule has 0 aromatic heterocycles. The number of allylic oxidation sites excluding steroid dienone is 2. The molecule has 2 saturated heterocycles. The number of likely N-dealkylation sites (tertiary alicyclic amines) is 2. The van der Waals surface area contributed by atoms with E-state index in [-0.39, 0.29) is 23.6 Å². The summed E-state index contributed by atoms with van der Waals surface area (Å²) < 4.78 is 0. The van der Waals surface area contributed by atoms with Crippen LogP contribution in [0.4, 0.5) is 0 Å². The summed E-state index contributed by atoms with van der Waals surface area (Å²) in [5.74, 6) is -3.36. The topological polar surface area (TPSA) is 74.8 Å². The van der Waals surface area contributed by atoms with Crippen LogP contribution in [0.3, 0.4) is 0 Å². The molecule has 4 amide bonds. The molecule has 2 bridgehead atoms. The van der Waals surface area contributed by atoms with E-state index in [4.69, 9.17) is 0 Å². The van der Waals surface area contributed by atoms with E-state index in [0.717, 1.165) is 23.1 Å². The van der Waals surface area contributed by atoms with Gasteiger partial charge in [0, 0.05) is 25.4 Å². The zero-order valence-corrected chi connectivity index (χ0v) is 16.6. The van der Waals surface area contributed by atoms with Gasteiger partial charge in [-0.15, -0.1) is 0 Å². The predicted octanol–water partition coefficient (Wildman–Crippen LogP) is 1.50. The van der Waals surface area contributed by atoms with E-state index < -0.39 is 35.0 Å². The van der Waals surface area contributed by atoms with Crippen LogP contribution in [0, 0.1) is 35.0 Å². The number of carbonyl (C=O) groups is 4. The number of hydrogen-bond donors (Lipinski definition) is 0. The molecular weight excluding hydrogens is 368 g/mol. The summed E-state index contributed by atoms with van der Waals surface area (Å²) in [5.41, 5.74) is 3.59. The first-order valence-electron chi connectivity index (χ1n) is 10.2. The van der Waals surface area contributed by atoms with Gasteiger partial charge in [0.25, 0.3) is 0 Å². The van der Waals surface area contributed by atoms with Gasteiger partial charge in [-0.1, -0.05) is 29.8 Å². The van der Waals surface area contributed by atoms with Crippen molar-refractivity contribution in [3.05, 3.63) is 41.0 Å². The Labute approximate surface area is 168 Å². The summed E-state index contributed by atoms with van der Waals surface area (Å²) in [6.45, 7) is 2.01. The van der Waals surface area contributed by atoms with E-state index in [1.165, 1.54) is 29.5 Å². The molecular formula is C23H22N2O4. The van der Waals surface area contributed by atoms with E-state index in [2.05, 4.69) is 12.1 Å². The summed E-state index contributed by atoms with van der Waals surface area (Å²) >= 11 is 0. The van der Waals surface area contributed by atoms with Crippen LogP contribution in [-0.4, -0.2) is 47.5 Å². The number of benzene rings is 1.